The lowest BCUT2D eigenvalue weighted by Gasteiger charge is -2.33. The van der Waals surface area contributed by atoms with Gasteiger partial charge in [0.1, 0.15) is 0 Å². The first-order valence-electron chi connectivity index (χ1n) is 11.8. The van der Waals surface area contributed by atoms with E-state index in [9.17, 15) is 4.79 Å². The van der Waals surface area contributed by atoms with E-state index in [2.05, 4.69) is 74.6 Å². The number of carbonyl (C=O) groups is 1. The smallest absolute Gasteiger partial charge is 0.234 e. The number of morpholine rings is 1. The number of ether oxygens (including phenoxy) is 1. The molecule has 0 spiro atoms. The molecule has 0 aliphatic carbocycles. The number of nitrogens with zero attached hydrogens (tertiary/aromatic N) is 3. The van der Waals surface area contributed by atoms with E-state index in [1.807, 2.05) is 7.05 Å². The summed E-state index contributed by atoms with van der Waals surface area (Å²) in [5, 5.41) is 3.26. The number of amides is 1. The van der Waals surface area contributed by atoms with E-state index in [1.54, 1.807) is 0 Å². The van der Waals surface area contributed by atoms with Crippen molar-refractivity contribution in [2.24, 2.45) is 0 Å². The molecule has 6 nitrogen and oxygen atoms in total. The molecular formula is C26H36N4O2. The third-order valence-corrected chi connectivity index (χ3v) is 6.40. The number of nitrogens with one attached hydrogen (secondary N) is 1. The number of rotatable bonds is 8. The Hall–Kier alpha value is -2.41. The summed E-state index contributed by atoms with van der Waals surface area (Å²) in [4.78, 5) is 19.7. The zero-order valence-corrected chi connectivity index (χ0v) is 19.2. The minimum absolute atomic E-state index is 0.123. The Labute approximate surface area is 192 Å². The van der Waals surface area contributed by atoms with E-state index in [-0.39, 0.29) is 11.9 Å². The van der Waals surface area contributed by atoms with Gasteiger partial charge < -0.3 is 15.0 Å². The Morgan fingerprint density at radius 1 is 1.00 bits per heavy atom. The molecule has 0 saturated carbocycles. The molecule has 0 atom stereocenters. The molecule has 32 heavy (non-hydrogen) atoms. The number of piperidine rings is 1. The Bertz CT molecular complexity index is 846. The summed E-state index contributed by atoms with van der Waals surface area (Å²) in [6, 6.07) is 19.4. The number of likely N-dealkylation sites (N-methyl/N-ethyl adjacent to an activating group) is 1. The Morgan fingerprint density at radius 2 is 1.69 bits per heavy atom. The average molecular weight is 437 g/mol. The molecule has 2 aromatic rings. The Kier molecular flexibility index (Phi) is 8.15. The zero-order valence-electron chi connectivity index (χ0n) is 19.2. The molecule has 2 saturated heterocycles. The molecule has 1 N–H and O–H groups in total. The van der Waals surface area contributed by atoms with Crippen LogP contribution in [0.5, 0.6) is 0 Å². The van der Waals surface area contributed by atoms with Gasteiger partial charge in [0.15, 0.2) is 0 Å². The molecule has 2 aliphatic heterocycles. The molecule has 172 valence electrons. The van der Waals surface area contributed by atoms with Crippen LogP contribution in [0.1, 0.15) is 24.0 Å². The number of hydrogen-bond donors (Lipinski definition) is 1. The fourth-order valence-electron chi connectivity index (χ4n) is 4.70. The number of hydrogen-bond acceptors (Lipinski definition) is 5. The fourth-order valence-corrected chi connectivity index (χ4v) is 4.70. The van der Waals surface area contributed by atoms with Gasteiger partial charge >= 0.3 is 0 Å². The predicted octanol–water partition coefficient (Wildman–Crippen LogP) is 2.74. The van der Waals surface area contributed by atoms with Crippen LogP contribution in [-0.2, 0) is 22.6 Å². The Morgan fingerprint density at radius 3 is 2.44 bits per heavy atom. The van der Waals surface area contributed by atoms with E-state index >= 15 is 0 Å². The minimum atomic E-state index is 0.123. The second kappa shape index (κ2) is 11.5. The van der Waals surface area contributed by atoms with Gasteiger partial charge in [0.25, 0.3) is 0 Å². The van der Waals surface area contributed by atoms with Crippen molar-refractivity contribution < 1.29 is 9.53 Å². The molecule has 2 aromatic carbocycles. The maximum atomic E-state index is 12.7. The molecule has 0 radical (unpaired) electrons. The van der Waals surface area contributed by atoms with E-state index in [0.717, 1.165) is 65.3 Å². The van der Waals surface area contributed by atoms with Crippen molar-refractivity contribution >= 4 is 11.6 Å². The summed E-state index contributed by atoms with van der Waals surface area (Å²) in [5.41, 5.74) is 3.88. The summed E-state index contributed by atoms with van der Waals surface area (Å²) in [7, 11) is 2.03. The third-order valence-electron chi connectivity index (χ3n) is 6.40. The van der Waals surface area contributed by atoms with E-state index in [1.165, 1.54) is 16.8 Å². The van der Waals surface area contributed by atoms with Gasteiger partial charge in [-0.1, -0.05) is 48.5 Å². The average Bonchev–Trinajstić information content (AvgIpc) is 2.82. The van der Waals surface area contributed by atoms with Gasteiger partial charge in [-0.15, -0.1) is 0 Å². The normalized spacial score (nSPS) is 18.1. The van der Waals surface area contributed by atoms with Crippen LogP contribution in [0.15, 0.2) is 54.6 Å². The molecule has 0 bridgehead atoms. The molecule has 2 fully saturated rings. The van der Waals surface area contributed by atoms with Crippen molar-refractivity contribution in [1.29, 1.82) is 0 Å². The van der Waals surface area contributed by atoms with Crippen molar-refractivity contribution in [1.82, 2.24) is 15.1 Å². The summed E-state index contributed by atoms with van der Waals surface area (Å²) in [6.07, 6.45) is 2.03. The highest BCUT2D eigenvalue weighted by molar-refractivity contribution is 5.78. The van der Waals surface area contributed by atoms with E-state index in [4.69, 9.17) is 4.74 Å². The van der Waals surface area contributed by atoms with Crippen molar-refractivity contribution in [2.45, 2.75) is 32.0 Å². The number of benzene rings is 2. The first kappa shape index (κ1) is 22.8. The Balaban J connectivity index is 1.21. The maximum Gasteiger partial charge on any atom is 0.234 e. The minimum Gasteiger partial charge on any atom is -0.378 e. The maximum absolute atomic E-state index is 12.7. The molecule has 2 aliphatic rings. The van der Waals surface area contributed by atoms with Crippen LogP contribution in [-0.4, -0.2) is 74.7 Å². The van der Waals surface area contributed by atoms with Crippen LogP contribution in [0.2, 0.25) is 0 Å². The second-order valence-corrected chi connectivity index (χ2v) is 9.00. The van der Waals surface area contributed by atoms with Gasteiger partial charge in [0.2, 0.25) is 5.91 Å². The van der Waals surface area contributed by atoms with Crippen molar-refractivity contribution in [3.8, 4) is 0 Å². The van der Waals surface area contributed by atoms with Gasteiger partial charge in [-0.05, 0) is 37.1 Å². The number of anilines is 1. The lowest BCUT2D eigenvalue weighted by Crippen LogP contribution is -2.46. The highest BCUT2D eigenvalue weighted by Gasteiger charge is 2.21. The van der Waals surface area contributed by atoms with Crippen LogP contribution in [0.3, 0.4) is 0 Å². The fraction of sp³-hybridized carbons (Fsp3) is 0.500. The van der Waals surface area contributed by atoms with E-state index < -0.39 is 0 Å². The van der Waals surface area contributed by atoms with Gasteiger partial charge in [-0.3, -0.25) is 14.6 Å². The largest absolute Gasteiger partial charge is 0.378 e. The topological polar surface area (TPSA) is 48.1 Å². The summed E-state index contributed by atoms with van der Waals surface area (Å²) < 4.78 is 5.50. The van der Waals surface area contributed by atoms with E-state index in [0.29, 0.717) is 6.54 Å². The molecular weight excluding hydrogens is 400 g/mol. The second-order valence-electron chi connectivity index (χ2n) is 9.00. The number of carbonyl (C=O) groups excluding carboxylic acids is 1. The third kappa shape index (κ3) is 6.55. The van der Waals surface area contributed by atoms with Crippen LogP contribution < -0.4 is 10.2 Å². The van der Waals surface area contributed by atoms with Crippen LogP contribution >= 0.6 is 0 Å². The summed E-state index contributed by atoms with van der Waals surface area (Å²) in [5.74, 6) is 0.123. The highest BCUT2D eigenvalue weighted by Crippen LogP contribution is 2.22. The monoisotopic (exact) mass is 436 g/mol. The lowest BCUT2D eigenvalue weighted by atomic mass is 10.0. The molecule has 4 rings (SSSR count). The van der Waals surface area contributed by atoms with Crippen molar-refractivity contribution in [2.75, 3.05) is 57.9 Å². The molecule has 1 amide bonds. The van der Waals surface area contributed by atoms with Crippen molar-refractivity contribution in [3.05, 3.63) is 65.7 Å². The standard InChI is InChI=1S/C26H36N4O2/c1-28(20-23-9-5-6-10-25(23)30-15-17-32-18-16-30)21-26(31)27-24-11-13-29(14-12-24)19-22-7-3-2-4-8-22/h2-10,24H,11-21H2,1H3,(H,27,31). The van der Waals surface area contributed by atoms with Crippen LogP contribution in [0.4, 0.5) is 5.69 Å². The molecule has 0 unspecified atom stereocenters. The molecule has 6 heteroatoms. The molecule has 2 heterocycles. The first-order valence-corrected chi connectivity index (χ1v) is 11.8. The quantitative estimate of drug-likeness (QED) is 0.690. The lowest BCUT2D eigenvalue weighted by molar-refractivity contribution is -0.123. The predicted molar refractivity (Wildman–Crippen MR) is 129 cm³/mol. The SMILES string of the molecule is CN(CC(=O)NC1CCN(Cc2ccccc2)CC1)Cc1ccccc1N1CCOCC1. The van der Waals surface area contributed by atoms with Crippen LogP contribution in [0, 0.1) is 0 Å². The number of likely N-dealkylation sites (tertiary alicyclic amines) is 1. The number of para-hydroxylation sites is 1. The highest BCUT2D eigenvalue weighted by atomic mass is 16.5. The zero-order chi connectivity index (χ0) is 22.2. The van der Waals surface area contributed by atoms with Crippen LogP contribution in [0.25, 0.3) is 0 Å². The van der Waals surface area contributed by atoms with Gasteiger partial charge in [-0.2, -0.15) is 0 Å². The molecule has 0 aromatic heterocycles. The first-order chi connectivity index (χ1) is 15.7. The summed E-state index contributed by atoms with van der Waals surface area (Å²) in [6.45, 7) is 7.62. The van der Waals surface area contributed by atoms with Gasteiger partial charge in [0.05, 0.1) is 19.8 Å². The summed E-state index contributed by atoms with van der Waals surface area (Å²) >= 11 is 0. The van der Waals surface area contributed by atoms with Crippen molar-refractivity contribution in [3.63, 3.8) is 0 Å². The van der Waals surface area contributed by atoms with Gasteiger partial charge in [-0.25, -0.2) is 0 Å². The van der Waals surface area contributed by atoms with Gasteiger partial charge in [0, 0.05) is 51.0 Å².